The van der Waals surface area contributed by atoms with Crippen molar-refractivity contribution in [2.75, 3.05) is 46.4 Å². The van der Waals surface area contributed by atoms with Gasteiger partial charge in [-0.1, -0.05) is 30.3 Å². The molecule has 1 unspecified atom stereocenters. The van der Waals surface area contributed by atoms with Crippen molar-refractivity contribution in [3.63, 3.8) is 0 Å². The van der Waals surface area contributed by atoms with Crippen molar-refractivity contribution in [2.45, 2.75) is 26.2 Å². The third-order valence-corrected chi connectivity index (χ3v) is 5.18. The highest BCUT2D eigenvalue weighted by atomic mass is 127. The Morgan fingerprint density at radius 3 is 2.79 bits per heavy atom. The van der Waals surface area contributed by atoms with Gasteiger partial charge in [-0.2, -0.15) is 0 Å². The first-order chi connectivity index (χ1) is 13.7. The maximum atomic E-state index is 5.92. The normalized spacial score (nSPS) is 17.6. The minimum atomic E-state index is 0. The van der Waals surface area contributed by atoms with Gasteiger partial charge in [0.2, 0.25) is 0 Å². The Morgan fingerprint density at radius 1 is 1.17 bits per heavy atom. The molecular formula is C23H35IN4O. The Balaban J connectivity index is 0.00000300. The number of halogens is 1. The van der Waals surface area contributed by atoms with Crippen LogP contribution >= 0.6 is 24.0 Å². The fourth-order valence-electron chi connectivity index (χ4n) is 3.71. The number of hydrogen-bond acceptors (Lipinski definition) is 3. The highest BCUT2D eigenvalue weighted by Gasteiger charge is 2.16. The quantitative estimate of drug-likeness (QED) is 0.243. The zero-order valence-electron chi connectivity index (χ0n) is 17.7. The zero-order valence-corrected chi connectivity index (χ0v) is 20.0. The monoisotopic (exact) mass is 510 g/mol. The van der Waals surface area contributed by atoms with Gasteiger partial charge >= 0.3 is 0 Å². The molecule has 1 aliphatic heterocycles. The van der Waals surface area contributed by atoms with Crippen LogP contribution in [0.3, 0.4) is 0 Å². The fraction of sp³-hybridized carbons (Fsp3) is 0.522. The van der Waals surface area contributed by atoms with E-state index in [2.05, 4.69) is 65.9 Å². The molecule has 0 amide bonds. The van der Waals surface area contributed by atoms with Gasteiger partial charge in [-0.25, -0.2) is 0 Å². The van der Waals surface area contributed by atoms with Gasteiger partial charge in [0.05, 0.1) is 6.61 Å². The lowest BCUT2D eigenvalue weighted by Crippen LogP contribution is -2.39. The van der Waals surface area contributed by atoms with Crippen molar-refractivity contribution in [3.8, 4) is 5.75 Å². The van der Waals surface area contributed by atoms with Gasteiger partial charge in [0.15, 0.2) is 5.96 Å². The summed E-state index contributed by atoms with van der Waals surface area (Å²) in [4.78, 5) is 7.20. The minimum absolute atomic E-state index is 0. The highest BCUT2D eigenvalue weighted by molar-refractivity contribution is 14.0. The molecule has 160 valence electrons. The summed E-state index contributed by atoms with van der Waals surface area (Å²) in [5.41, 5.74) is 0. The van der Waals surface area contributed by atoms with Crippen LogP contribution in [0.1, 0.15) is 26.2 Å². The lowest BCUT2D eigenvalue weighted by atomic mass is 9.99. The Labute approximate surface area is 192 Å². The number of nitrogens with one attached hydrogen (secondary N) is 2. The van der Waals surface area contributed by atoms with Gasteiger partial charge in [0.1, 0.15) is 5.75 Å². The summed E-state index contributed by atoms with van der Waals surface area (Å²) in [5.74, 6) is 2.52. The molecule has 2 aromatic rings. The topological polar surface area (TPSA) is 48.9 Å². The Bertz CT molecular complexity index is 767. The number of likely N-dealkylation sites (tertiary alicyclic amines) is 1. The summed E-state index contributed by atoms with van der Waals surface area (Å²) in [7, 11) is 2.20. The molecule has 1 heterocycles. The van der Waals surface area contributed by atoms with Crippen LogP contribution in [0.2, 0.25) is 0 Å². The molecule has 0 bridgehead atoms. The average molecular weight is 510 g/mol. The van der Waals surface area contributed by atoms with Crippen LogP contribution in [-0.4, -0.2) is 57.2 Å². The third kappa shape index (κ3) is 8.01. The van der Waals surface area contributed by atoms with E-state index in [1.165, 1.54) is 30.2 Å². The Hall–Kier alpha value is -1.54. The summed E-state index contributed by atoms with van der Waals surface area (Å²) in [5, 5.41) is 9.24. The van der Waals surface area contributed by atoms with Crippen molar-refractivity contribution >= 4 is 40.7 Å². The summed E-state index contributed by atoms with van der Waals surface area (Å²) < 4.78 is 5.92. The molecule has 0 saturated carbocycles. The number of hydrogen-bond donors (Lipinski definition) is 2. The van der Waals surface area contributed by atoms with Gasteiger partial charge < -0.3 is 20.3 Å². The second-order valence-corrected chi connectivity index (χ2v) is 7.63. The van der Waals surface area contributed by atoms with E-state index in [9.17, 15) is 0 Å². The van der Waals surface area contributed by atoms with Crippen LogP contribution < -0.4 is 15.4 Å². The molecule has 0 aliphatic carbocycles. The predicted octanol–water partition coefficient (Wildman–Crippen LogP) is 4.12. The number of aliphatic imine (C=N–C) groups is 1. The predicted molar refractivity (Wildman–Crippen MR) is 134 cm³/mol. The van der Waals surface area contributed by atoms with Gasteiger partial charge in [-0.3, -0.25) is 4.99 Å². The number of nitrogens with zero attached hydrogens (tertiary/aromatic N) is 2. The van der Waals surface area contributed by atoms with Crippen molar-refractivity contribution in [1.29, 1.82) is 0 Å². The van der Waals surface area contributed by atoms with Crippen molar-refractivity contribution in [2.24, 2.45) is 10.9 Å². The number of ether oxygens (including phenoxy) is 1. The van der Waals surface area contributed by atoms with Gasteiger partial charge in [0, 0.05) is 26.2 Å². The molecule has 0 spiro atoms. The van der Waals surface area contributed by atoms with E-state index in [4.69, 9.17) is 9.73 Å². The summed E-state index contributed by atoms with van der Waals surface area (Å²) in [6, 6.07) is 14.6. The van der Waals surface area contributed by atoms with Crippen molar-refractivity contribution in [3.05, 3.63) is 42.5 Å². The molecule has 1 atom stereocenters. The molecular weight excluding hydrogens is 475 g/mol. The first-order valence-electron chi connectivity index (χ1n) is 10.6. The molecule has 1 saturated heterocycles. The number of guanidine groups is 1. The standard InChI is InChI=1S/C23H34N4O.HI/c1-3-24-23(26-17-19-8-6-14-27(2)18-19)25-13-7-15-28-22-12-11-20-9-4-5-10-21(20)16-22;/h4-5,9-12,16,19H,3,6-8,13-15,17-18H2,1-2H3,(H2,24,25,26);1H. The molecule has 2 aromatic carbocycles. The molecule has 3 rings (SSSR count). The van der Waals surface area contributed by atoms with Crippen molar-refractivity contribution < 1.29 is 4.74 Å². The molecule has 0 radical (unpaired) electrons. The minimum Gasteiger partial charge on any atom is -0.494 e. The van der Waals surface area contributed by atoms with E-state index < -0.39 is 0 Å². The molecule has 29 heavy (non-hydrogen) atoms. The number of piperidine rings is 1. The smallest absolute Gasteiger partial charge is 0.191 e. The van der Waals surface area contributed by atoms with E-state index in [-0.39, 0.29) is 24.0 Å². The summed E-state index contributed by atoms with van der Waals surface area (Å²) in [6.45, 7) is 7.80. The largest absolute Gasteiger partial charge is 0.494 e. The molecule has 0 aromatic heterocycles. The average Bonchev–Trinajstić information content (AvgIpc) is 2.71. The van der Waals surface area contributed by atoms with E-state index in [1.807, 2.05) is 6.07 Å². The van der Waals surface area contributed by atoms with Crippen LogP contribution in [-0.2, 0) is 0 Å². The molecule has 5 nitrogen and oxygen atoms in total. The van der Waals surface area contributed by atoms with Crippen LogP contribution in [0.15, 0.2) is 47.5 Å². The van der Waals surface area contributed by atoms with E-state index >= 15 is 0 Å². The zero-order chi connectivity index (χ0) is 19.6. The molecule has 1 aliphatic rings. The van der Waals surface area contributed by atoms with Crippen LogP contribution in [0.25, 0.3) is 10.8 Å². The van der Waals surface area contributed by atoms with E-state index in [1.54, 1.807) is 0 Å². The summed E-state index contributed by atoms with van der Waals surface area (Å²) in [6.07, 6.45) is 3.50. The van der Waals surface area contributed by atoms with Gasteiger partial charge in [0.25, 0.3) is 0 Å². The third-order valence-electron chi connectivity index (χ3n) is 5.18. The van der Waals surface area contributed by atoms with Crippen LogP contribution in [0, 0.1) is 5.92 Å². The Kier molecular flexibility index (Phi) is 10.6. The van der Waals surface area contributed by atoms with Gasteiger partial charge in [-0.15, -0.1) is 24.0 Å². The SMILES string of the molecule is CCNC(=NCC1CCCN(C)C1)NCCCOc1ccc2ccccc2c1.I. The highest BCUT2D eigenvalue weighted by Crippen LogP contribution is 2.20. The maximum Gasteiger partial charge on any atom is 0.191 e. The van der Waals surface area contributed by atoms with Crippen LogP contribution in [0.4, 0.5) is 0 Å². The molecule has 1 fully saturated rings. The first kappa shape index (κ1) is 23.7. The lowest BCUT2D eigenvalue weighted by Gasteiger charge is -2.28. The second-order valence-electron chi connectivity index (χ2n) is 7.63. The number of rotatable bonds is 8. The fourth-order valence-corrected chi connectivity index (χ4v) is 3.71. The van der Waals surface area contributed by atoms with E-state index in [0.717, 1.165) is 44.3 Å². The van der Waals surface area contributed by atoms with Gasteiger partial charge in [-0.05, 0) is 68.6 Å². The van der Waals surface area contributed by atoms with E-state index in [0.29, 0.717) is 12.5 Å². The Morgan fingerprint density at radius 2 is 2.00 bits per heavy atom. The van der Waals surface area contributed by atoms with Crippen molar-refractivity contribution in [1.82, 2.24) is 15.5 Å². The number of fused-ring (bicyclic) bond motifs is 1. The molecule has 6 heteroatoms. The summed E-state index contributed by atoms with van der Waals surface area (Å²) >= 11 is 0. The van der Waals surface area contributed by atoms with Crippen LogP contribution in [0.5, 0.6) is 5.75 Å². The molecule has 2 N–H and O–H groups in total. The number of benzene rings is 2. The maximum absolute atomic E-state index is 5.92. The first-order valence-corrected chi connectivity index (χ1v) is 10.6. The lowest BCUT2D eigenvalue weighted by molar-refractivity contribution is 0.214. The second kappa shape index (κ2) is 12.9.